The number of hydrogen-bond acceptors (Lipinski definition) is 5. The van der Waals surface area contributed by atoms with Gasteiger partial charge in [-0.1, -0.05) is 18.2 Å². The van der Waals surface area contributed by atoms with Gasteiger partial charge in [0.1, 0.15) is 5.82 Å². The number of nitrogens with zero attached hydrogens (tertiary/aromatic N) is 4. The molecule has 0 amide bonds. The third kappa shape index (κ3) is 3.13. The van der Waals surface area contributed by atoms with Crippen LogP contribution in [0.2, 0.25) is 0 Å². The summed E-state index contributed by atoms with van der Waals surface area (Å²) in [5.74, 6) is 1.71. The average molecular weight is 284 g/mol. The zero-order valence-electron chi connectivity index (χ0n) is 12.3. The highest BCUT2D eigenvalue weighted by Gasteiger charge is 2.15. The van der Waals surface area contributed by atoms with Gasteiger partial charge in [-0.3, -0.25) is 0 Å². The summed E-state index contributed by atoms with van der Waals surface area (Å²) in [6, 6.07) is 12.2. The molecule has 21 heavy (non-hydrogen) atoms. The molecule has 5 nitrogen and oxygen atoms in total. The van der Waals surface area contributed by atoms with Gasteiger partial charge in [-0.2, -0.15) is 4.98 Å². The quantitative estimate of drug-likeness (QED) is 0.862. The third-order valence-electron chi connectivity index (χ3n) is 3.59. The van der Waals surface area contributed by atoms with E-state index in [4.69, 9.17) is 9.72 Å². The maximum Gasteiger partial charge on any atom is 0.231 e. The molecular formula is C16H20N4O. The van der Waals surface area contributed by atoms with Crippen LogP contribution in [0.1, 0.15) is 6.92 Å². The predicted octanol–water partition coefficient (Wildman–Crippen LogP) is 2.47. The SMILES string of the molecule is CCN(c1ccccc1)c1nccc(N2CCOCC2)n1. The highest BCUT2D eigenvalue weighted by molar-refractivity contribution is 5.58. The van der Waals surface area contributed by atoms with E-state index in [0.29, 0.717) is 0 Å². The lowest BCUT2D eigenvalue weighted by atomic mass is 10.3. The molecule has 0 atom stereocenters. The van der Waals surface area contributed by atoms with Gasteiger partial charge >= 0.3 is 0 Å². The number of hydrogen-bond donors (Lipinski definition) is 0. The molecule has 5 heteroatoms. The van der Waals surface area contributed by atoms with Gasteiger partial charge in [0.15, 0.2) is 0 Å². The van der Waals surface area contributed by atoms with Gasteiger partial charge in [0.2, 0.25) is 5.95 Å². The van der Waals surface area contributed by atoms with Crippen LogP contribution in [-0.4, -0.2) is 42.8 Å². The number of ether oxygens (including phenoxy) is 1. The number of para-hydroxylation sites is 1. The second kappa shape index (κ2) is 6.54. The molecule has 1 saturated heterocycles. The van der Waals surface area contributed by atoms with Gasteiger partial charge < -0.3 is 14.5 Å². The molecule has 2 aromatic rings. The molecule has 1 aromatic carbocycles. The van der Waals surface area contributed by atoms with Crippen molar-refractivity contribution in [1.82, 2.24) is 9.97 Å². The van der Waals surface area contributed by atoms with Crippen LogP contribution in [0.25, 0.3) is 0 Å². The monoisotopic (exact) mass is 284 g/mol. The number of benzene rings is 1. The van der Waals surface area contributed by atoms with Crippen LogP contribution < -0.4 is 9.80 Å². The Kier molecular flexibility index (Phi) is 4.31. The Hall–Kier alpha value is -2.14. The standard InChI is InChI=1S/C16H20N4O/c1-2-20(14-6-4-3-5-7-14)16-17-9-8-15(18-16)19-10-12-21-13-11-19/h3-9H,2,10-13H2,1H3. The van der Waals surface area contributed by atoms with Crippen molar-refractivity contribution < 1.29 is 4.74 Å². The van der Waals surface area contributed by atoms with Crippen LogP contribution in [0.3, 0.4) is 0 Å². The van der Waals surface area contributed by atoms with Crippen molar-refractivity contribution in [2.75, 3.05) is 42.6 Å². The van der Waals surface area contributed by atoms with E-state index >= 15 is 0 Å². The van der Waals surface area contributed by atoms with Gasteiger partial charge in [-0.25, -0.2) is 4.98 Å². The molecule has 0 N–H and O–H groups in total. The minimum absolute atomic E-state index is 0.743. The molecule has 1 aliphatic heterocycles. The lowest BCUT2D eigenvalue weighted by molar-refractivity contribution is 0.122. The minimum Gasteiger partial charge on any atom is -0.378 e. The molecule has 0 bridgehead atoms. The molecule has 0 unspecified atom stereocenters. The average Bonchev–Trinajstić information content (AvgIpc) is 2.58. The second-order valence-electron chi connectivity index (χ2n) is 4.89. The molecule has 2 heterocycles. The van der Waals surface area contributed by atoms with Crippen LogP contribution in [0.15, 0.2) is 42.6 Å². The van der Waals surface area contributed by atoms with Crippen molar-refractivity contribution in [2.45, 2.75) is 6.92 Å². The Labute approximate surface area is 125 Å². The Morgan fingerprint density at radius 2 is 1.90 bits per heavy atom. The first kappa shape index (κ1) is 13.8. The Morgan fingerprint density at radius 1 is 1.14 bits per heavy atom. The van der Waals surface area contributed by atoms with Crippen LogP contribution in [0, 0.1) is 0 Å². The lowest BCUT2D eigenvalue weighted by Crippen LogP contribution is -2.37. The minimum atomic E-state index is 0.743. The van der Waals surface area contributed by atoms with Gasteiger partial charge in [0, 0.05) is 31.5 Å². The second-order valence-corrected chi connectivity index (χ2v) is 4.89. The molecule has 110 valence electrons. The van der Waals surface area contributed by atoms with Gasteiger partial charge in [0.25, 0.3) is 0 Å². The topological polar surface area (TPSA) is 41.5 Å². The molecular weight excluding hydrogens is 264 g/mol. The maximum absolute atomic E-state index is 5.39. The van der Waals surface area contributed by atoms with E-state index < -0.39 is 0 Å². The largest absolute Gasteiger partial charge is 0.378 e. The first-order valence-electron chi connectivity index (χ1n) is 7.37. The Balaban J connectivity index is 1.87. The fraction of sp³-hybridized carbons (Fsp3) is 0.375. The van der Waals surface area contributed by atoms with Crippen LogP contribution in [0.4, 0.5) is 17.5 Å². The van der Waals surface area contributed by atoms with E-state index in [-0.39, 0.29) is 0 Å². The molecule has 3 rings (SSSR count). The summed E-state index contributed by atoms with van der Waals surface area (Å²) in [5, 5.41) is 0. The number of morpholine rings is 1. The van der Waals surface area contributed by atoms with Gasteiger partial charge in [-0.05, 0) is 25.1 Å². The molecule has 0 radical (unpaired) electrons. The fourth-order valence-electron chi connectivity index (χ4n) is 2.49. The fourth-order valence-corrected chi connectivity index (χ4v) is 2.49. The van der Waals surface area contributed by atoms with Crippen molar-refractivity contribution in [1.29, 1.82) is 0 Å². The lowest BCUT2D eigenvalue weighted by Gasteiger charge is -2.29. The summed E-state index contributed by atoms with van der Waals surface area (Å²) in [7, 11) is 0. The van der Waals surface area contributed by atoms with Crippen molar-refractivity contribution in [3.8, 4) is 0 Å². The number of rotatable bonds is 4. The molecule has 0 spiro atoms. The number of aromatic nitrogens is 2. The van der Waals surface area contributed by atoms with Crippen LogP contribution in [0.5, 0.6) is 0 Å². The summed E-state index contributed by atoms with van der Waals surface area (Å²) in [6.07, 6.45) is 1.83. The van der Waals surface area contributed by atoms with Crippen molar-refractivity contribution in [3.63, 3.8) is 0 Å². The molecule has 0 saturated carbocycles. The van der Waals surface area contributed by atoms with Crippen molar-refractivity contribution in [3.05, 3.63) is 42.6 Å². The summed E-state index contributed by atoms with van der Waals surface area (Å²) < 4.78 is 5.39. The first-order valence-corrected chi connectivity index (χ1v) is 7.37. The summed E-state index contributed by atoms with van der Waals surface area (Å²) in [5.41, 5.74) is 1.11. The number of anilines is 3. The van der Waals surface area contributed by atoms with E-state index in [1.165, 1.54) is 0 Å². The van der Waals surface area contributed by atoms with E-state index in [1.807, 2.05) is 30.5 Å². The van der Waals surface area contributed by atoms with Crippen molar-refractivity contribution in [2.24, 2.45) is 0 Å². The molecule has 1 aromatic heterocycles. The first-order chi connectivity index (χ1) is 10.4. The van der Waals surface area contributed by atoms with Crippen LogP contribution in [-0.2, 0) is 4.74 Å². The summed E-state index contributed by atoms with van der Waals surface area (Å²) in [6.45, 7) is 6.22. The zero-order chi connectivity index (χ0) is 14.5. The summed E-state index contributed by atoms with van der Waals surface area (Å²) in [4.78, 5) is 13.5. The molecule has 0 aliphatic carbocycles. The molecule has 1 fully saturated rings. The maximum atomic E-state index is 5.39. The highest BCUT2D eigenvalue weighted by atomic mass is 16.5. The van der Waals surface area contributed by atoms with Crippen LogP contribution >= 0.6 is 0 Å². The van der Waals surface area contributed by atoms with Gasteiger partial charge in [-0.15, -0.1) is 0 Å². The predicted molar refractivity (Wildman–Crippen MR) is 84.2 cm³/mol. The Morgan fingerprint density at radius 3 is 2.62 bits per heavy atom. The molecule has 1 aliphatic rings. The zero-order valence-corrected chi connectivity index (χ0v) is 12.3. The smallest absolute Gasteiger partial charge is 0.231 e. The summed E-state index contributed by atoms with van der Waals surface area (Å²) >= 11 is 0. The Bertz CT molecular complexity index is 569. The highest BCUT2D eigenvalue weighted by Crippen LogP contribution is 2.23. The van der Waals surface area contributed by atoms with Crippen molar-refractivity contribution >= 4 is 17.5 Å². The van der Waals surface area contributed by atoms with E-state index in [1.54, 1.807) is 0 Å². The van der Waals surface area contributed by atoms with Gasteiger partial charge in [0.05, 0.1) is 13.2 Å². The van der Waals surface area contributed by atoms with E-state index in [0.717, 1.165) is 50.3 Å². The third-order valence-corrected chi connectivity index (χ3v) is 3.59. The van der Waals surface area contributed by atoms with E-state index in [9.17, 15) is 0 Å². The normalized spacial score (nSPS) is 15.0. The van der Waals surface area contributed by atoms with E-state index in [2.05, 4.69) is 33.8 Å².